The third-order valence-corrected chi connectivity index (χ3v) is 4.52. The number of nitrogens with two attached hydrogens (primary N) is 1. The Balaban J connectivity index is 2.21. The largest absolute Gasteiger partial charge is 0.330 e. The van der Waals surface area contributed by atoms with Crippen molar-refractivity contribution >= 4 is 15.9 Å². The molecule has 1 atom stereocenters. The number of rotatable bonds is 2. The second-order valence-corrected chi connectivity index (χ2v) is 6.46. The van der Waals surface area contributed by atoms with Crippen molar-refractivity contribution in [2.75, 3.05) is 6.54 Å². The number of hydrogen-bond donors (Lipinski definition) is 1. The van der Waals surface area contributed by atoms with Crippen molar-refractivity contribution in [2.45, 2.75) is 33.1 Å². The van der Waals surface area contributed by atoms with Gasteiger partial charge in [-0.1, -0.05) is 35.8 Å². The summed E-state index contributed by atoms with van der Waals surface area (Å²) < 4.78 is 1.20. The van der Waals surface area contributed by atoms with Crippen molar-refractivity contribution in [3.05, 3.63) is 33.8 Å². The van der Waals surface area contributed by atoms with E-state index in [-0.39, 0.29) is 5.41 Å². The molecule has 16 heavy (non-hydrogen) atoms. The summed E-state index contributed by atoms with van der Waals surface area (Å²) in [6.07, 6.45) is 3.66. The Bertz CT molecular complexity index is 384. The van der Waals surface area contributed by atoms with Crippen molar-refractivity contribution in [2.24, 2.45) is 17.1 Å². The van der Waals surface area contributed by atoms with Crippen LogP contribution in [0.5, 0.6) is 0 Å². The van der Waals surface area contributed by atoms with Gasteiger partial charge >= 0.3 is 0 Å². The van der Waals surface area contributed by atoms with Gasteiger partial charge in [-0.15, -0.1) is 0 Å². The molecule has 0 fully saturated rings. The highest BCUT2D eigenvalue weighted by molar-refractivity contribution is 9.10. The van der Waals surface area contributed by atoms with Gasteiger partial charge in [0.2, 0.25) is 0 Å². The molecule has 0 saturated carbocycles. The summed E-state index contributed by atoms with van der Waals surface area (Å²) in [5, 5.41) is 0. The SMILES string of the molecule is CC(C)(CN)C1CCc2cc(Br)ccc2C1. The monoisotopic (exact) mass is 281 g/mol. The van der Waals surface area contributed by atoms with Gasteiger partial charge in [0, 0.05) is 4.47 Å². The van der Waals surface area contributed by atoms with Crippen LogP contribution in [0.3, 0.4) is 0 Å². The fraction of sp³-hybridized carbons (Fsp3) is 0.571. The average molecular weight is 282 g/mol. The second-order valence-electron chi connectivity index (χ2n) is 5.55. The molecule has 1 aliphatic carbocycles. The van der Waals surface area contributed by atoms with Gasteiger partial charge in [0.1, 0.15) is 0 Å². The maximum atomic E-state index is 5.87. The molecule has 2 heteroatoms. The van der Waals surface area contributed by atoms with Crippen LogP contribution in [0.25, 0.3) is 0 Å². The Morgan fingerprint density at radius 3 is 2.81 bits per heavy atom. The Morgan fingerprint density at radius 2 is 2.12 bits per heavy atom. The van der Waals surface area contributed by atoms with Crippen molar-refractivity contribution in [3.8, 4) is 0 Å². The zero-order valence-corrected chi connectivity index (χ0v) is 11.7. The Morgan fingerprint density at radius 1 is 1.38 bits per heavy atom. The molecular weight excluding hydrogens is 262 g/mol. The smallest absolute Gasteiger partial charge is 0.0178 e. The van der Waals surface area contributed by atoms with Crippen LogP contribution in [0, 0.1) is 11.3 Å². The van der Waals surface area contributed by atoms with E-state index in [0.29, 0.717) is 0 Å². The Hall–Kier alpha value is -0.340. The summed E-state index contributed by atoms with van der Waals surface area (Å²) in [7, 11) is 0. The lowest BCUT2D eigenvalue weighted by molar-refractivity contribution is 0.199. The zero-order valence-electron chi connectivity index (χ0n) is 10.1. The lowest BCUT2D eigenvalue weighted by Gasteiger charge is -2.37. The predicted octanol–water partition coefficient (Wildman–Crippen LogP) is 3.54. The maximum absolute atomic E-state index is 5.87. The predicted molar refractivity (Wildman–Crippen MR) is 72.5 cm³/mol. The van der Waals surface area contributed by atoms with Crippen LogP contribution < -0.4 is 5.73 Å². The van der Waals surface area contributed by atoms with E-state index in [4.69, 9.17) is 5.73 Å². The first-order valence-electron chi connectivity index (χ1n) is 6.00. The van der Waals surface area contributed by atoms with Crippen molar-refractivity contribution in [1.82, 2.24) is 0 Å². The molecule has 0 spiro atoms. The van der Waals surface area contributed by atoms with E-state index in [0.717, 1.165) is 12.5 Å². The van der Waals surface area contributed by atoms with Crippen molar-refractivity contribution in [1.29, 1.82) is 0 Å². The average Bonchev–Trinajstić information content (AvgIpc) is 2.28. The summed E-state index contributed by atoms with van der Waals surface area (Å²) >= 11 is 3.54. The molecule has 1 unspecified atom stereocenters. The highest BCUT2D eigenvalue weighted by Crippen LogP contribution is 2.37. The molecule has 0 aromatic heterocycles. The third-order valence-electron chi connectivity index (χ3n) is 4.03. The molecule has 1 aromatic rings. The lowest BCUT2D eigenvalue weighted by atomic mass is 9.69. The van der Waals surface area contributed by atoms with Crippen LogP contribution in [-0.2, 0) is 12.8 Å². The van der Waals surface area contributed by atoms with Gasteiger partial charge in [0.05, 0.1) is 0 Å². The molecule has 2 rings (SSSR count). The van der Waals surface area contributed by atoms with Crippen LogP contribution in [0.4, 0.5) is 0 Å². The highest BCUT2D eigenvalue weighted by atomic mass is 79.9. The molecule has 1 aliphatic rings. The van der Waals surface area contributed by atoms with Crippen LogP contribution in [0.2, 0.25) is 0 Å². The standard InChI is InChI=1S/C14H20BrN/c1-14(2,9-16)12-5-3-11-8-13(15)6-4-10(11)7-12/h4,6,8,12H,3,5,7,9,16H2,1-2H3. The number of hydrogen-bond acceptors (Lipinski definition) is 1. The van der Waals surface area contributed by atoms with Gasteiger partial charge in [0.25, 0.3) is 0 Å². The number of aryl methyl sites for hydroxylation is 1. The summed E-state index contributed by atoms with van der Waals surface area (Å²) in [6, 6.07) is 6.68. The lowest BCUT2D eigenvalue weighted by Crippen LogP contribution is -2.35. The zero-order chi connectivity index (χ0) is 11.8. The number of halogens is 1. The minimum atomic E-state index is 0.269. The van der Waals surface area contributed by atoms with Crippen LogP contribution in [0.15, 0.2) is 22.7 Å². The number of fused-ring (bicyclic) bond motifs is 1. The fourth-order valence-electron chi connectivity index (χ4n) is 2.56. The molecule has 1 nitrogen and oxygen atoms in total. The third kappa shape index (κ3) is 2.33. The van der Waals surface area contributed by atoms with Gasteiger partial charge in [0.15, 0.2) is 0 Å². The summed E-state index contributed by atoms with van der Waals surface area (Å²) in [5.41, 5.74) is 9.17. The summed E-state index contributed by atoms with van der Waals surface area (Å²) in [6.45, 7) is 5.37. The molecule has 88 valence electrons. The maximum Gasteiger partial charge on any atom is 0.0178 e. The molecule has 0 bridgehead atoms. The van der Waals surface area contributed by atoms with E-state index in [1.807, 2.05) is 0 Å². The normalized spacial score (nSPS) is 20.6. The van der Waals surface area contributed by atoms with Crippen LogP contribution >= 0.6 is 15.9 Å². The first-order chi connectivity index (χ1) is 7.53. The molecule has 0 saturated heterocycles. The van der Waals surface area contributed by atoms with Crippen molar-refractivity contribution in [3.63, 3.8) is 0 Å². The van der Waals surface area contributed by atoms with E-state index in [9.17, 15) is 0 Å². The second kappa shape index (κ2) is 4.50. The van der Waals surface area contributed by atoms with E-state index in [1.165, 1.54) is 34.9 Å². The first kappa shape index (κ1) is 12.1. The molecule has 0 amide bonds. The topological polar surface area (TPSA) is 26.0 Å². The van der Waals surface area contributed by atoms with Gasteiger partial charge in [-0.2, -0.15) is 0 Å². The van der Waals surface area contributed by atoms with Gasteiger partial charge < -0.3 is 5.73 Å². The molecule has 2 N–H and O–H groups in total. The molecule has 0 radical (unpaired) electrons. The molecule has 1 aromatic carbocycles. The Labute approximate surface area is 107 Å². The van der Waals surface area contributed by atoms with E-state index >= 15 is 0 Å². The van der Waals surface area contributed by atoms with Gasteiger partial charge in [-0.3, -0.25) is 0 Å². The van der Waals surface area contributed by atoms with Crippen LogP contribution in [-0.4, -0.2) is 6.54 Å². The fourth-order valence-corrected chi connectivity index (χ4v) is 2.97. The summed E-state index contributed by atoms with van der Waals surface area (Å²) in [5.74, 6) is 0.728. The highest BCUT2D eigenvalue weighted by Gasteiger charge is 2.31. The van der Waals surface area contributed by atoms with Gasteiger partial charge in [-0.25, -0.2) is 0 Å². The van der Waals surface area contributed by atoms with E-state index < -0.39 is 0 Å². The van der Waals surface area contributed by atoms with Crippen LogP contribution in [0.1, 0.15) is 31.4 Å². The quantitative estimate of drug-likeness (QED) is 0.882. The minimum Gasteiger partial charge on any atom is -0.330 e. The van der Waals surface area contributed by atoms with E-state index in [2.05, 4.69) is 48.0 Å². The summed E-state index contributed by atoms with van der Waals surface area (Å²) in [4.78, 5) is 0. The first-order valence-corrected chi connectivity index (χ1v) is 6.79. The Kier molecular flexibility index (Phi) is 3.41. The molecule has 0 aliphatic heterocycles. The minimum absolute atomic E-state index is 0.269. The van der Waals surface area contributed by atoms with Gasteiger partial charge in [-0.05, 0) is 60.4 Å². The van der Waals surface area contributed by atoms with E-state index in [1.54, 1.807) is 0 Å². The molecule has 0 heterocycles. The molecular formula is C14H20BrN. The number of benzene rings is 1. The van der Waals surface area contributed by atoms with Crippen molar-refractivity contribution < 1.29 is 0 Å².